The topological polar surface area (TPSA) is 83.8 Å². The van der Waals surface area contributed by atoms with Crippen LogP contribution in [0.1, 0.15) is 37.2 Å². The summed E-state index contributed by atoms with van der Waals surface area (Å²) in [5, 5.41) is 2.99. The number of rotatable bonds is 6. The van der Waals surface area contributed by atoms with Gasteiger partial charge < -0.3 is 16.0 Å². The highest BCUT2D eigenvalue weighted by Gasteiger charge is 2.14. The number of carbonyl (C=O) groups excluding carboxylic acids is 1. The first-order chi connectivity index (χ1) is 9.69. The number of aromatic nitrogens is 2. The predicted octanol–water partition coefficient (Wildman–Crippen LogP) is 2.19. The Morgan fingerprint density at radius 1 is 1.50 bits per heavy atom. The fraction of sp³-hybridized carbons (Fsp3) is 0.333. The van der Waals surface area contributed by atoms with Crippen molar-refractivity contribution in [2.75, 3.05) is 5.73 Å². The Kier molecular flexibility index (Phi) is 4.76. The number of nitrogens with one attached hydrogen (secondary N) is 2. The molecule has 1 heterocycles. The van der Waals surface area contributed by atoms with E-state index < -0.39 is 0 Å². The molecule has 2 aromatic rings. The minimum absolute atomic E-state index is 0.0238. The normalized spacial score (nSPS) is 12.1. The van der Waals surface area contributed by atoms with Crippen molar-refractivity contribution in [3.63, 3.8) is 0 Å². The van der Waals surface area contributed by atoms with Gasteiger partial charge in [0.2, 0.25) is 5.91 Å². The summed E-state index contributed by atoms with van der Waals surface area (Å²) in [7, 11) is 0. The Balaban J connectivity index is 1.86. The summed E-state index contributed by atoms with van der Waals surface area (Å²) >= 11 is 0. The van der Waals surface area contributed by atoms with E-state index in [0.29, 0.717) is 12.8 Å². The lowest BCUT2D eigenvalue weighted by molar-refractivity contribution is -0.121. The van der Waals surface area contributed by atoms with E-state index >= 15 is 0 Å². The van der Waals surface area contributed by atoms with E-state index in [9.17, 15) is 4.79 Å². The molecule has 0 aliphatic heterocycles. The molecule has 0 aliphatic carbocycles. The van der Waals surface area contributed by atoms with Crippen LogP contribution in [0.2, 0.25) is 0 Å². The molecule has 1 unspecified atom stereocenters. The standard InChI is InChI=1S/C15H20N4O/c1-2-13(15-17-8-9-18-15)19-14(20)7-6-11-4-3-5-12(16)10-11/h3-5,8-10,13H,2,6-7,16H2,1H3,(H,17,18)(H,19,20). The molecule has 1 atom stereocenters. The minimum atomic E-state index is -0.0571. The zero-order valence-corrected chi connectivity index (χ0v) is 11.6. The number of nitrogen functional groups attached to an aromatic ring is 1. The third-order valence-electron chi connectivity index (χ3n) is 3.18. The number of imidazole rings is 1. The van der Waals surface area contributed by atoms with Crippen molar-refractivity contribution in [1.29, 1.82) is 0 Å². The number of amides is 1. The molecule has 0 saturated carbocycles. The molecule has 5 nitrogen and oxygen atoms in total. The van der Waals surface area contributed by atoms with Gasteiger partial charge in [-0.25, -0.2) is 4.98 Å². The number of benzene rings is 1. The van der Waals surface area contributed by atoms with Crippen molar-refractivity contribution in [3.8, 4) is 0 Å². The van der Waals surface area contributed by atoms with Gasteiger partial charge in [-0.05, 0) is 30.5 Å². The van der Waals surface area contributed by atoms with Crippen LogP contribution in [-0.2, 0) is 11.2 Å². The molecule has 0 fully saturated rings. The van der Waals surface area contributed by atoms with Gasteiger partial charge in [-0.1, -0.05) is 19.1 Å². The first-order valence-electron chi connectivity index (χ1n) is 6.82. The van der Waals surface area contributed by atoms with E-state index in [4.69, 9.17) is 5.73 Å². The molecule has 2 rings (SSSR count). The second kappa shape index (κ2) is 6.75. The Hall–Kier alpha value is -2.30. The highest BCUT2D eigenvalue weighted by Crippen LogP contribution is 2.13. The van der Waals surface area contributed by atoms with E-state index in [1.54, 1.807) is 12.4 Å². The van der Waals surface area contributed by atoms with Crippen LogP contribution in [-0.4, -0.2) is 15.9 Å². The molecule has 4 N–H and O–H groups in total. The summed E-state index contributed by atoms with van der Waals surface area (Å²) in [6.45, 7) is 2.02. The van der Waals surface area contributed by atoms with E-state index in [0.717, 1.165) is 23.5 Å². The number of carbonyl (C=O) groups is 1. The van der Waals surface area contributed by atoms with Gasteiger partial charge in [-0.15, -0.1) is 0 Å². The molecular weight excluding hydrogens is 252 g/mol. The Bertz CT molecular complexity index is 551. The number of anilines is 1. The Morgan fingerprint density at radius 2 is 2.35 bits per heavy atom. The third kappa shape index (κ3) is 3.85. The fourth-order valence-electron chi connectivity index (χ4n) is 2.10. The molecule has 20 heavy (non-hydrogen) atoms. The van der Waals surface area contributed by atoms with Crippen LogP contribution < -0.4 is 11.1 Å². The number of aryl methyl sites for hydroxylation is 1. The summed E-state index contributed by atoms with van der Waals surface area (Å²) in [5.74, 6) is 0.820. The summed E-state index contributed by atoms with van der Waals surface area (Å²) in [6.07, 6.45) is 5.39. The van der Waals surface area contributed by atoms with Crippen molar-refractivity contribution < 1.29 is 4.79 Å². The summed E-state index contributed by atoms with van der Waals surface area (Å²) < 4.78 is 0. The number of nitrogens with zero attached hydrogens (tertiary/aromatic N) is 1. The average molecular weight is 272 g/mol. The smallest absolute Gasteiger partial charge is 0.220 e. The van der Waals surface area contributed by atoms with Gasteiger partial charge in [-0.2, -0.15) is 0 Å². The Morgan fingerprint density at radius 3 is 3.00 bits per heavy atom. The van der Waals surface area contributed by atoms with Gasteiger partial charge >= 0.3 is 0 Å². The van der Waals surface area contributed by atoms with Gasteiger partial charge in [0.15, 0.2) is 0 Å². The molecule has 0 saturated heterocycles. The maximum Gasteiger partial charge on any atom is 0.220 e. The first kappa shape index (κ1) is 14.1. The summed E-state index contributed by atoms with van der Waals surface area (Å²) in [4.78, 5) is 19.2. The van der Waals surface area contributed by atoms with E-state index in [1.165, 1.54) is 0 Å². The molecule has 5 heteroatoms. The number of nitrogens with two attached hydrogens (primary N) is 1. The van der Waals surface area contributed by atoms with Crippen molar-refractivity contribution in [3.05, 3.63) is 48.0 Å². The number of H-pyrrole nitrogens is 1. The molecule has 0 bridgehead atoms. The molecule has 1 aromatic carbocycles. The van der Waals surface area contributed by atoms with Crippen LogP contribution in [0.15, 0.2) is 36.7 Å². The SMILES string of the molecule is CCC(NC(=O)CCc1cccc(N)c1)c1ncc[nH]1. The molecule has 0 aliphatic rings. The van der Waals surface area contributed by atoms with Crippen molar-refractivity contribution in [2.24, 2.45) is 0 Å². The Labute approximate surface area is 118 Å². The van der Waals surface area contributed by atoms with Crippen molar-refractivity contribution >= 4 is 11.6 Å². The molecule has 1 aromatic heterocycles. The van der Waals surface area contributed by atoms with Crippen LogP contribution in [0.25, 0.3) is 0 Å². The average Bonchev–Trinajstić information content (AvgIpc) is 2.96. The number of hydrogen-bond donors (Lipinski definition) is 3. The summed E-state index contributed by atoms with van der Waals surface area (Å²) in [5.41, 5.74) is 7.52. The van der Waals surface area contributed by atoms with Gasteiger partial charge in [0, 0.05) is 24.5 Å². The molecule has 1 amide bonds. The van der Waals surface area contributed by atoms with Crippen molar-refractivity contribution in [1.82, 2.24) is 15.3 Å². The summed E-state index contributed by atoms with van der Waals surface area (Å²) in [6, 6.07) is 7.57. The largest absolute Gasteiger partial charge is 0.399 e. The van der Waals surface area contributed by atoms with Crippen molar-refractivity contribution in [2.45, 2.75) is 32.2 Å². The lowest BCUT2D eigenvalue weighted by Gasteiger charge is -2.14. The predicted molar refractivity (Wildman–Crippen MR) is 78.9 cm³/mol. The van der Waals surface area contributed by atoms with Gasteiger partial charge in [-0.3, -0.25) is 4.79 Å². The number of aromatic amines is 1. The van der Waals surface area contributed by atoms with Crippen LogP contribution in [0.5, 0.6) is 0 Å². The van der Waals surface area contributed by atoms with E-state index in [1.807, 2.05) is 31.2 Å². The quantitative estimate of drug-likeness (QED) is 0.705. The lowest BCUT2D eigenvalue weighted by atomic mass is 10.1. The lowest BCUT2D eigenvalue weighted by Crippen LogP contribution is -2.29. The van der Waals surface area contributed by atoms with Crippen LogP contribution in [0, 0.1) is 0 Å². The number of hydrogen-bond acceptors (Lipinski definition) is 3. The van der Waals surface area contributed by atoms with Crippen LogP contribution in [0.3, 0.4) is 0 Å². The zero-order chi connectivity index (χ0) is 14.4. The molecule has 0 spiro atoms. The van der Waals surface area contributed by atoms with Gasteiger partial charge in [0.1, 0.15) is 5.82 Å². The monoisotopic (exact) mass is 272 g/mol. The third-order valence-corrected chi connectivity index (χ3v) is 3.18. The fourth-order valence-corrected chi connectivity index (χ4v) is 2.10. The first-order valence-corrected chi connectivity index (χ1v) is 6.82. The molecular formula is C15H20N4O. The highest BCUT2D eigenvalue weighted by atomic mass is 16.1. The van der Waals surface area contributed by atoms with Gasteiger partial charge in [0.05, 0.1) is 6.04 Å². The molecule has 106 valence electrons. The van der Waals surface area contributed by atoms with E-state index in [2.05, 4.69) is 15.3 Å². The van der Waals surface area contributed by atoms with Crippen LogP contribution in [0.4, 0.5) is 5.69 Å². The molecule has 0 radical (unpaired) electrons. The van der Waals surface area contributed by atoms with Gasteiger partial charge in [0.25, 0.3) is 0 Å². The zero-order valence-electron chi connectivity index (χ0n) is 11.6. The maximum atomic E-state index is 12.0. The highest BCUT2D eigenvalue weighted by molar-refractivity contribution is 5.76. The maximum absolute atomic E-state index is 12.0. The minimum Gasteiger partial charge on any atom is -0.399 e. The van der Waals surface area contributed by atoms with Crippen LogP contribution >= 0.6 is 0 Å². The van der Waals surface area contributed by atoms with E-state index in [-0.39, 0.29) is 11.9 Å². The second-order valence-corrected chi connectivity index (χ2v) is 4.75. The second-order valence-electron chi connectivity index (χ2n) is 4.75.